The van der Waals surface area contributed by atoms with Crippen molar-refractivity contribution < 1.29 is 89.4 Å². The molecule has 12 N–H and O–H groups in total. The largest absolute Gasteiger partial charge is 0.394 e. The molecule has 17 unspecified atom stereocenters. The molecule has 0 aromatic carbocycles. The van der Waals surface area contributed by atoms with E-state index < -0.39 is 124 Å². The maximum Gasteiger partial charge on any atom is 0.220 e. The van der Waals surface area contributed by atoms with Gasteiger partial charge in [-0.05, 0) is 57.8 Å². The van der Waals surface area contributed by atoms with E-state index in [0.717, 1.165) is 83.5 Å². The van der Waals surface area contributed by atoms with Gasteiger partial charge < -0.3 is 89.9 Å². The number of carbonyl (C=O) groups excluding carboxylic acids is 1. The van der Waals surface area contributed by atoms with Crippen LogP contribution in [0.2, 0.25) is 0 Å². The first-order valence-electron chi connectivity index (χ1n) is 32.0. The first-order valence-corrected chi connectivity index (χ1v) is 32.0. The minimum Gasteiger partial charge on any atom is -0.394 e. The second-order valence-electron chi connectivity index (χ2n) is 22.8. The predicted molar refractivity (Wildman–Crippen MR) is 318 cm³/mol. The first-order chi connectivity index (χ1) is 40.3. The fraction of sp³-hybridized carbons (Fsp3) is 0.828. The third-order valence-electron chi connectivity index (χ3n) is 15.9. The average molecular weight is 1180 g/mol. The van der Waals surface area contributed by atoms with E-state index in [-0.39, 0.29) is 18.9 Å². The van der Waals surface area contributed by atoms with Gasteiger partial charge >= 0.3 is 0 Å². The van der Waals surface area contributed by atoms with E-state index in [1.165, 1.54) is 89.9 Å². The molecule has 3 saturated heterocycles. The summed E-state index contributed by atoms with van der Waals surface area (Å²) < 4.78 is 34.1. The Morgan fingerprint density at radius 2 is 0.831 bits per heavy atom. The van der Waals surface area contributed by atoms with Crippen molar-refractivity contribution in [3.8, 4) is 0 Å². The Morgan fingerprint density at radius 1 is 0.446 bits per heavy atom. The molecule has 0 spiro atoms. The lowest BCUT2D eigenvalue weighted by atomic mass is 9.96. The number of amides is 1. The molecule has 0 aromatic heterocycles. The summed E-state index contributed by atoms with van der Waals surface area (Å²) in [6.07, 6.45) is 28.3. The van der Waals surface area contributed by atoms with Gasteiger partial charge in [0, 0.05) is 6.42 Å². The number of unbranched alkanes of at least 4 members (excludes halogenated alkanes) is 21. The van der Waals surface area contributed by atoms with Gasteiger partial charge in [-0.15, -0.1) is 0 Å². The van der Waals surface area contributed by atoms with E-state index >= 15 is 0 Å². The standard InChI is InChI=1S/C64H113NO18/c1-3-5-7-9-10-11-12-13-14-15-16-17-18-19-20-21-22-23-24-25-26-27-28-29-30-31-32-33-34-35-36-38-40-42-52(70)65-47(48(69)41-39-37-8-6-4-2)46-78-62-58(76)55(73)60(50(44-67)80-62)83-64-59(77)56(74)61(51(45-68)81-64)82-63-57(75)54(72)53(71)49(43-66)79-63/h5,7,10-11,13-14,16-17,19-20,47-51,53-64,66-69,71-77H,3-4,6,8-9,12,15,18,21-46H2,1-2H3,(H,65,70)/b7-5-,11-10-,14-13-,17-16-,20-19-. The van der Waals surface area contributed by atoms with Gasteiger partial charge in [-0.25, -0.2) is 0 Å². The molecule has 17 atom stereocenters. The molecule has 19 heteroatoms. The molecule has 19 nitrogen and oxygen atoms in total. The molecule has 0 radical (unpaired) electrons. The minimum absolute atomic E-state index is 0.251. The van der Waals surface area contributed by atoms with Crippen molar-refractivity contribution in [1.82, 2.24) is 5.32 Å². The van der Waals surface area contributed by atoms with Crippen LogP contribution in [0.5, 0.6) is 0 Å². The Hall–Kier alpha value is -2.51. The van der Waals surface area contributed by atoms with Crippen molar-refractivity contribution in [2.45, 2.75) is 311 Å². The van der Waals surface area contributed by atoms with Crippen molar-refractivity contribution in [2.75, 3.05) is 26.4 Å². The summed E-state index contributed by atoms with van der Waals surface area (Å²) in [5.41, 5.74) is 0. The highest BCUT2D eigenvalue weighted by atomic mass is 16.8. The van der Waals surface area contributed by atoms with Crippen LogP contribution in [-0.4, -0.2) is 193 Å². The van der Waals surface area contributed by atoms with Crippen LogP contribution in [0.25, 0.3) is 0 Å². The van der Waals surface area contributed by atoms with Crippen LogP contribution in [0.15, 0.2) is 60.8 Å². The minimum atomic E-state index is -1.97. The number of carbonyl (C=O) groups is 1. The van der Waals surface area contributed by atoms with Gasteiger partial charge in [0.2, 0.25) is 5.91 Å². The van der Waals surface area contributed by atoms with Crippen molar-refractivity contribution >= 4 is 5.91 Å². The second-order valence-corrected chi connectivity index (χ2v) is 22.8. The Labute approximate surface area is 496 Å². The zero-order chi connectivity index (χ0) is 60.5. The third-order valence-corrected chi connectivity index (χ3v) is 15.9. The molecular formula is C64H113NO18. The van der Waals surface area contributed by atoms with Gasteiger partial charge in [0.25, 0.3) is 0 Å². The highest BCUT2D eigenvalue weighted by Gasteiger charge is 2.53. The number of aliphatic hydroxyl groups excluding tert-OH is 11. The Bertz CT molecular complexity index is 1750. The van der Waals surface area contributed by atoms with Crippen LogP contribution in [0, 0.1) is 0 Å². The quantitative estimate of drug-likeness (QED) is 0.0220. The zero-order valence-electron chi connectivity index (χ0n) is 50.4. The van der Waals surface area contributed by atoms with Gasteiger partial charge in [-0.2, -0.15) is 0 Å². The number of hydrogen-bond donors (Lipinski definition) is 12. The number of ether oxygens (including phenoxy) is 6. The smallest absolute Gasteiger partial charge is 0.220 e. The fourth-order valence-corrected chi connectivity index (χ4v) is 10.6. The molecular weight excluding hydrogens is 1070 g/mol. The van der Waals surface area contributed by atoms with Crippen LogP contribution in [0.1, 0.15) is 206 Å². The molecule has 3 rings (SSSR count). The van der Waals surface area contributed by atoms with Gasteiger partial charge in [-0.3, -0.25) is 4.79 Å². The topological polar surface area (TPSA) is 307 Å². The molecule has 83 heavy (non-hydrogen) atoms. The lowest BCUT2D eigenvalue weighted by molar-refractivity contribution is -0.379. The van der Waals surface area contributed by atoms with E-state index in [0.29, 0.717) is 12.8 Å². The van der Waals surface area contributed by atoms with E-state index in [2.05, 4.69) is 79.9 Å². The van der Waals surface area contributed by atoms with Crippen LogP contribution in [-0.2, 0) is 33.2 Å². The third kappa shape index (κ3) is 29.8. The highest BCUT2D eigenvalue weighted by molar-refractivity contribution is 5.76. The summed E-state index contributed by atoms with van der Waals surface area (Å²) in [4.78, 5) is 13.2. The lowest BCUT2D eigenvalue weighted by Gasteiger charge is -2.48. The summed E-state index contributed by atoms with van der Waals surface area (Å²) in [5, 5.41) is 120. The van der Waals surface area contributed by atoms with E-state index in [9.17, 15) is 61.0 Å². The number of nitrogens with one attached hydrogen (secondary N) is 1. The SMILES string of the molecule is CC/C=C\C/C=C\C/C=C\C/C=C\C/C=C\CCCCCCCCCCCCCCCCCCCC(=O)NC(COC1OC(CO)C(OC2OC(CO)C(OC3OC(CO)C(O)C(O)C3O)C(O)C2O)C(O)C1O)C(O)CCCCCCC. The molecule has 482 valence electrons. The van der Waals surface area contributed by atoms with Crippen LogP contribution in [0.3, 0.4) is 0 Å². The summed E-state index contributed by atoms with van der Waals surface area (Å²) in [6, 6.07) is -0.884. The van der Waals surface area contributed by atoms with E-state index in [1.54, 1.807) is 0 Å². The summed E-state index contributed by atoms with van der Waals surface area (Å²) >= 11 is 0. The molecule has 3 fully saturated rings. The van der Waals surface area contributed by atoms with E-state index in [4.69, 9.17) is 28.4 Å². The Morgan fingerprint density at radius 3 is 1.30 bits per heavy atom. The maximum atomic E-state index is 13.2. The summed E-state index contributed by atoms with van der Waals surface area (Å²) in [5.74, 6) is -0.251. The first kappa shape index (κ1) is 74.7. The van der Waals surface area contributed by atoms with Gasteiger partial charge in [-0.1, -0.05) is 203 Å². The van der Waals surface area contributed by atoms with Crippen molar-refractivity contribution in [3.05, 3.63) is 60.8 Å². The maximum absolute atomic E-state index is 13.2. The Kier molecular flexibility index (Phi) is 42.0. The van der Waals surface area contributed by atoms with Crippen LogP contribution >= 0.6 is 0 Å². The summed E-state index contributed by atoms with van der Waals surface area (Å²) in [6.45, 7) is 1.56. The number of hydrogen-bond acceptors (Lipinski definition) is 18. The number of allylic oxidation sites excluding steroid dienone is 10. The molecule has 3 heterocycles. The molecule has 3 aliphatic heterocycles. The second kappa shape index (κ2) is 46.6. The average Bonchev–Trinajstić information content (AvgIpc) is 3.52. The fourth-order valence-electron chi connectivity index (χ4n) is 10.6. The highest BCUT2D eigenvalue weighted by Crippen LogP contribution is 2.33. The Balaban J connectivity index is 1.28. The molecule has 0 bridgehead atoms. The molecule has 0 saturated carbocycles. The number of aliphatic hydroxyl groups is 11. The summed E-state index contributed by atoms with van der Waals surface area (Å²) in [7, 11) is 0. The predicted octanol–water partition coefficient (Wildman–Crippen LogP) is 6.82. The molecule has 0 aliphatic carbocycles. The van der Waals surface area contributed by atoms with E-state index in [1.807, 2.05) is 0 Å². The van der Waals surface area contributed by atoms with Crippen molar-refractivity contribution in [1.29, 1.82) is 0 Å². The monoisotopic (exact) mass is 1180 g/mol. The van der Waals surface area contributed by atoms with Crippen LogP contribution < -0.4 is 5.32 Å². The molecule has 3 aliphatic rings. The molecule has 0 aromatic rings. The van der Waals surface area contributed by atoms with Gasteiger partial charge in [0.1, 0.15) is 73.2 Å². The van der Waals surface area contributed by atoms with Gasteiger partial charge in [0.15, 0.2) is 18.9 Å². The lowest BCUT2D eigenvalue weighted by Crippen LogP contribution is -2.66. The van der Waals surface area contributed by atoms with Crippen molar-refractivity contribution in [2.24, 2.45) is 0 Å². The van der Waals surface area contributed by atoms with Crippen LogP contribution in [0.4, 0.5) is 0 Å². The zero-order valence-corrected chi connectivity index (χ0v) is 50.4. The van der Waals surface area contributed by atoms with Crippen molar-refractivity contribution in [3.63, 3.8) is 0 Å². The molecule has 1 amide bonds. The normalized spacial score (nSPS) is 29.8. The van der Waals surface area contributed by atoms with Gasteiger partial charge in [0.05, 0.1) is 38.6 Å². The number of rotatable bonds is 47.